The highest BCUT2D eigenvalue weighted by Crippen LogP contribution is 2.28. The molecule has 76 valence electrons. The molecule has 1 aromatic rings. The summed E-state index contributed by atoms with van der Waals surface area (Å²) in [7, 11) is 0. The van der Waals surface area contributed by atoms with Crippen LogP contribution in [0.5, 0.6) is 5.75 Å². The minimum atomic E-state index is 0.253. The van der Waals surface area contributed by atoms with Crippen LogP contribution in [0.3, 0.4) is 0 Å². The van der Waals surface area contributed by atoms with Gasteiger partial charge in [-0.05, 0) is 30.7 Å². The van der Waals surface area contributed by atoms with E-state index >= 15 is 0 Å². The van der Waals surface area contributed by atoms with Crippen molar-refractivity contribution in [3.05, 3.63) is 41.4 Å². The van der Waals surface area contributed by atoms with Crippen LogP contribution < -0.4 is 4.74 Å². The van der Waals surface area contributed by atoms with Crippen molar-refractivity contribution in [2.45, 2.75) is 19.8 Å². The molecule has 0 aliphatic carbocycles. The molecule has 1 unspecified atom stereocenters. The first-order valence-electron chi connectivity index (χ1n) is 4.73. The Hall–Kier alpha value is -0.950. The fourth-order valence-corrected chi connectivity index (χ4v) is 1.54. The highest BCUT2D eigenvalue weighted by Gasteiger charge is 2.07. The van der Waals surface area contributed by atoms with E-state index in [9.17, 15) is 0 Å². The highest BCUT2D eigenvalue weighted by atomic mass is 35.5. The van der Waals surface area contributed by atoms with Gasteiger partial charge in [-0.25, -0.2) is 0 Å². The minimum Gasteiger partial charge on any atom is -0.494 e. The Morgan fingerprint density at radius 1 is 1.57 bits per heavy atom. The Morgan fingerprint density at radius 2 is 2.29 bits per heavy atom. The van der Waals surface area contributed by atoms with E-state index in [1.54, 1.807) is 0 Å². The van der Waals surface area contributed by atoms with E-state index in [0.717, 1.165) is 16.3 Å². The smallest absolute Gasteiger partial charge is 0.119 e. The predicted octanol–water partition coefficient (Wildman–Crippen LogP) is 4.03. The summed E-state index contributed by atoms with van der Waals surface area (Å²) in [5.74, 6) is 1.11. The molecule has 0 aromatic heterocycles. The van der Waals surface area contributed by atoms with Crippen molar-refractivity contribution < 1.29 is 4.74 Å². The van der Waals surface area contributed by atoms with Crippen LogP contribution in [0.4, 0.5) is 0 Å². The molecule has 1 rings (SSSR count). The summed E-state index contributed by atoms with van der Waals surface area (Å²) < 4.78 is 5.40. The Labute approximate surface area is 90.3 Å². The van der Waals surface area contributed by atoms with E-state index < -0.39 is 0 Å². The first-order valence-corrected chi connectivity index (χ1v) is 5.11. The van der Waals surface area contributed by atoms with E-state index in [0.29, 0.717) is 6.61 Å². The maximum atomic E-state index is 6.07. The van der Waals surface area contributed by atoms with E-state index in [-0.39, 0.29) is 5.92 Å². The lowest BCUT2D eigenvalue weighted by molar-refractivity contribution is 0.340. The van der Waals surface area contributed by atoms with Crippen molar-refractivity contribution in [2.24, 2.45) is 0 Å². The zero-order valence-electron chi connectivity index (χ0n) is 8.59. The van der Waals surface area contributed by atoms with Crippen molar-refractivity contribution in [1.82, 2.24) is 0 Å². The molecule has 0 aliphatic rings. The molecule has 1 nitrogen and oxygen atoms in total. The van der Waals surface area contributed by atoms with Gasteiger partial charge in [0.1, 0.15) is 5.75 Å². The topological polar surface area (TPSA) is 9.23 Å². The van der Waals surface area contributed by atoms with Crippen LogP contribution in [0.15, 0.2) is 30.9 Å². The maximum Gasteiger partial charge on any atom is 0.119 e. The molecule has 0 bridgehead atoms. The van der Waals surface area contributed by atoms with Crippen molar-refractivity contribution >= 4 is 11.6 Å². The first-order chi connectivity index (χ1) is 6.69. The Balaban J connectivity index is 3.01. The fraction of sp³-hybridized carbons (Fsp3) is 0.333. The number of hydrogen-bond acceptors (Lipinski definition) is 1. The quantitative estimate of drug-likeness (QED) is 0.682. The standard InChI is InChI=1S/C12H15ClO/c1-4-9(3)11-8-10(14-5-2)6-7-12(11)13/h4,6-9H,1,5H2,2-3H3. The SMILES string of the molecule is C=CC(C)c1cc(OCC)ccc1Cl. The monoisotopic (exact) mass is 210 g/mol. The molecule has 0 radical (unpaired) electrons. The third-order valence-corrected chi connectivity index (χ3v) is 2.47. The molecular weight excluding hydrogens is 196 g/mol. The third-order valence-electron chi connectivity index (χ3n) is 2.12. The van der Waals surface area contributed by atoms with Crippen molar-refractivity contribution in [3.8, 4) is 5.75 Å². The number of halogens is 1. The molecule has 0 amide bonds. The van der Waals surface area contributed by atoms with E-state index in [1.807, 2.05) is 31.2 Å². The number of rotatable bonds is 4. The lowest BCUT2D eigenvalue weighted by atomic mass is 10.0. The Morgan fingerprint density at radius 3 is 2.86 bits per heavy atom. The van der Waals surface area contributed by atoms with Gasteiger partial charge in [0.2, 0.25) is 0 Å². The second kappa shape index (κ2) is 5.06. The average Bonchev–Trinajstić information content (AvgIpc) is 2.20. The van der Waals surface area contributed by atoms with E-state index in [4.69, 9.17) is 16.3 Å². The number of allylic oxidation sites excluding steroid dienone is 1. The zero-order valence-corrected chi connectivity index (χ0v) is 9.34. The lowest BCUT2D eigenvalue weighted by Crippen LogP contribution is -1.95. The van der Waals surface area contributed by atoms with Crippen molar-refractivity contribution in [3.63, 3.8) is 0 Å². The molecule has 1 atom stereocenters. The van der Waals surface area contributed by atoms with Gasteiger partial charge in [-0.3, -0.25) is 0 Å². The van der Waals surface area contributed by atoms with E-state index in [1.165, 1.54) is 0 Å². The van der Waals surface area contributed by atoms with Gasteiger partial charge in [0.15, 0.2) is 0 Å². The number of ether oxygens (including phenoxy) is 1. The van der Waals surface area contributed by atoms with Crippen LogP contribution in [0.2, 0.25) is 5.02 Å². The first kappa shape index (κ1) is 11.1. The van der Waals surface area contributed by atoms with Gasteiger partial charge in [0, 0.05) is 10.9 Å². The summed E-state index contributed by atoms with van der Waals surface area (Å²) >= 11 is 6.07. The summed E-state index contributed by atoms with van der Waals surface area (Å²) in [5, 5.41) is 0.765. The fourth-order valence-electron chi connectivity index (χ4n) is 1.25. The molecule has 0 N–H and O–H groups in total. The summed E-state index contributed by atoms with van der Waals surface area (Å²) in [5.41, 5.74) is 1.06. The summed E-state index contributed by atoms with van der Waals surface area (Å²) in [6.45, 7) is 8.45. The molecule has 0 fully saturated rings. The van der Waals surface area contributed by atoms with Crippen LogP contribution >= 0.6 is 11.6 Å². The van der Waals surface area contributed by atoms with Gasteiger partial charge in [0.05, 0.1) is 6.61 Å². The van der Waals surface area contributed by atoms with Gasteiger partial charge in [-0.15, -0.1) is 6.58 Å². The Bertz CT molecular complexity index is 320. The highest BCUT2D eigenvalue weighted by molar-refractivity contribution is 6.31. The van der Waals surface area contributed by atoms with Crippen molar-refractivity contribution in [2.75, 3.05) is 6.61 Å². The van der Waals surface area contributed by atoms with Crippen LogP contribution in [0.25, 0.3) is 0 Å². The predicted molar refractivity (Wildman–Crippen MR) is 61.2 cm³/mol. The van der Waals surface area contributed by atoms with Gasteiger partial charge in [-0.1, -0.05) is 24.6 Å². The third kappa shape index (κ3) is 2.52. The summed E-state index contributed by atoms with van der Waals surface area (Å²) in [4.78, 5) is 0. The Kier molecular flexibility index (Phi) is 4.02. The molecule has 0 heterocycles. The normalized spacial score (nSPS) is 12.2. The van der Waals surface area contributed by atoms with Crippen LogP contribution in [0, 0.1) is 0 Å². The van der Waals surface area contributed by atoms with E-state index in [2.05, 4.69) is 13.5 Å². The number of benzene rings is 1. The van der Waals surface area contributed by atoms with Crippen LogP contribution in [-0.4, -0.2) is 6.61 Å². The molecule has 0 aliphatic heterocycles. The molecular formula is C12H15ClO. The molecule has 1 aromatic carbocycles. The van der Waals surface area contributed by atoms with Gasteiger partial charge in [-0.2, -0.15) is 0 Å². The zero-order chi connectivity index (χ0) is 10.6. The van der Waals surface area contributed by atoms with Gasteiger partial charge < -0.3 is 4.74 Å². The second-order valence-electron chi connectivity index (χ2n) is 3.14. The molecule has 0 saturated carbocycles. The lowest BCUT2D eigenvalue weighted by Gasteiger charge is -2.11. The van der Waals surface area contributed by atoms with Gasteiger partial charge in [0.25, 0.3) is 0 Å². The molecule has 0 saturated heterocycles. The second-order valence-corrected chi connectivity index (χ2v) is 3.55. The minimum absolute atomic E-state index is 0.253. The van der Waals surface area contributed by atoms with Crippen LogP contribution in [-0.2, 0) is 0 Å². The largest absolute Gasteiger partial charge is 0.494 e. The van der Waals surface area contributed by atoms with Crippen LogP contribution in [0.1, 0.15) is 25.3 Å². The number of hydrogen-bond donors (Lipinski definition) is 0. The molecule has 14 heavy (non-hydrogen) atoms. The average molecular weight is 211 g/mol. The van der Waals surface area contributed by atoms with Gasteiger partial charge >= 0.3 is 0 Å². The molecule has 0 spiro atoms. The molecule has 2 heteroatoms. The summed E-state index contributed by atoms with van der Waals surface area (Å²) in [6.07, 6.45) is 1.87. The maximum absolute atomic E-state index is 6.07. The van der Waals surface area contributed by atoms with Crippen molar-refractivity contribution in [1.29, 1.82) is 0 Å². The summed E-state index contributed by atoms with van der Waals surface area (Å²) in [6, 6.07) is 5.71.